The van der Waals surface area contributed by atoms with E-state index in [0.29, 0.717) is 17.9 Å². The molecule has 0 aliphatic heterocycles. The molecule has 102 valence electrons. The van der Waals surface area contributed by atoms with Crippen molar-refractivity contribution in [2.75, 3.05) is 6.61 Å². The molecule has 0 atom stereocenters. The van der Waals surface area contributed by atoms with Gasteiger partial charge in [0.15, 0.2) is 5.78 Å². The first-order valence-electron chi connectivity index (χ1n) is 6.60. The van der Waals surface area contributed by atoms with Crippen molar-refractivity contribution < 1.29 is 9.53 Å². The molecule has 0 radical (unpaired) electrons. The van der Waals surface area contributed by atoms with Gasteiger partial charge in [-0.3, -0.25) is 4.79 Å². The molecule has 1 rings (SSSR count). The van der Waals surface area contributed by atoms with Crippen LogP contribution in [0.4, 0.5) is 0 Å². The molecule has 0 spiro atoms. The minimum atomic E-state index is -0.267. The van der Waals surface area contributed by atoms with Gasteiger partial charge in [0, 0.05) is 0 Å². The number of unbranched alkanes of at least 4 members (excludes halogenated alkanes) is 1. The van der Waals surface area contributed by atoms with E-state index in [0.717, 1.165) is 19.3 Å². The lowest BCUT2D eigenvalue weighted by Gasteiger charge is -2.14. The molecule has 0 aliphatic carbocycles. The Morgan fingerprint density at radius 2 is 2.00 bits per heavy atom. The van der Waals surface area contributed by atoms with Crippen molar-refractivity contribution in [3.05, 3.63) is 29.8 Å². The molecule has 1 aromatic carbocycles. The molecule has 19 heavy (non-hydrogen) atoms. The number of carbonyl (C=O) groups excluding carboxylic acids is 1. The van der Waals surface area contributed by atoms with Gasteiger partial charge in [-0.25, -0.2) is 0 Å². The van der Waals surface area contributed by atoms with Crippen LogP contribution in [0.1, 0.15) is 50.4 Å². The van der Waals surface area contributed by atoms with Crippen LogP contribution in [0.15, 0.2) is 24.3 Å². The van der Waals surface area contributed by atoms with Crippen LogP contribution in [0.3, 0.4) is 0 Å². The van der Waals surface area contributed by atoms with Crippen molar-refractivity contribution in [2.24, 2.45) is 5.41 Å². The Kier molecular flexibility index (Phi) is 5.57. The Balaban J connectivity index is 2.39. The van der Waals surface area contributed by atoms with Gasteiger partial charge in [0.2, 0.25) is 0 Å². The van der Waals surface area contributed by atoms with Crippen LogP contribution in [0.2, 0.25) is 0 Å². The first-order chi connectivity index (χ1) is 8.96. The standard InChI is InChI=1S/C16H21NO2/c1-13(18)14-8-4-5-9-15(14)19-11-7-6-10-16(2,3)12-17/h4-5,8-9H,6-7,10-11H2,1-3H3. The third-order valence-electron chi connectivity index (χ3n) is 3.02. The fraction of sp³-hybridized carbons (Fsp3) is 0.500. The first-order valence-corrected chi connectivity index (χ1v) is 6.60. The predicted molar refractivity (Wildman–Crippen MR) is 75.2 cm³/mol. The number of nitriles is 1. The molecule has 0 fully saturated rings. The number of benzene rings is 1. The molecule has 0 saturated carbocycles. The van der Waals surface area contributed by atoms with E-state index < -0.39 is 0 Å². The van der Waals surface area contributed by atoms with Gasteiger partial charge >= 0.3 is 0 Å². The Bertz CT molecular complexity index is 472. The Morgan fingerprint density at radius 1 is 1.32 bits per heavy atom. The topological polar surface area (TPSA) is 50.1 Å². The van der Waals surface area contributed by atoms with E-state index in [2.05, 4.69) is 6.07 Å². The molecule has 0 saturated heterocycles. The Hall–Kier alpha value is -1.82. The van der Waals surface area contributed by atoms with Crippen LogP contribution >= 0.6 is 0 Å². The van der Waals surface area contributed by atoms with Gasteiger partial charge in [0.25, 0.3) is 0 Å². The van der Waals surface area contributed by atoms with E-state index in [4.69, 9.17) is 10.00 Å². The highest BCUT2D eigenvalue weighted by atomic mass is 16.5. The minimum Gasteiger partial charge on any atom is -0.493 e. The van der Waals surface area contributed by atoms with Crippen molar-refractivity contribution in [1.82, 2.24) is 0 Å². The molecule has 0 unspecified atom stereocenters. The number of hydrogen-bond donors (Lipinski definition) is 0. The summed E-state index contributed by atoms with van der Waals surface area (Å²) in [5.74, 6) is 0.663. The van der Waals surface area contributed by atoms with Crippen LogP contribution < -0.4 is 4.74 Å². The van der Waals surface area contributed by atoms with Crippen molar-refractivity contribution in [2.45, 2.75) is 40.0 Å². The number of ketones is 1. The van der Waals surface area contributed by atoms with E-state index in [9.17, 15) is 4.79 Å². The predicted octanol–water partition coefficient (Wildman–Crippen LogP) is 3.99. The zero-order chi connectivity index (χ0) is 14.3. The molecule has 0 amide bonds. The largest absolute Gasteiger partial charge is 0.493 e. The SMILES string of the molecule is CC(=O)c1ccccc1OCCCCC(C)(C)C#N. The molecule has 3 heteroatoms. The molecule has 0 heterocycles. The quantitative estimate of drug-likeness (QED) is 0.549. The summed E-state index contributed by atoms with van der Waals surface area (Å²) in [4.78, 5) is 11.4. The first kappa shape index (κ1) is 15.2. The summed E-state index contributed by atoms with van der Waals surface area (Å²) in [6, 6.07) is 9.57. The number of rotatable bonds is 7. The second-order valence-electron chi connectivity index (χ2n) is 5.35. The van der Waals surface area contributed by atoms with Gasteiger partial charge in [0.05, 0.1) is 23.7 Å². The number of hydrogen-bond acceptors (Lipinski definition) is 3. The molecule has 1 aromatic rings. The van der Waals surface area contributed by atoms with Gasteiger partial charge < -0.3 is 4.74 Å². The fourth-order valence-corrected chi connectivity index (χ4v) is 1.79. The van der Waals surface area contributed by atoms with Gasteiger partial charge in [-0.2, -0.15) is 5.26 Å². The lowest BCUT2D eigenvalue weighted by Crippen LogP contribution is -2.09. The van der Waals surface area contributed by atoms with Crippen LogP contribution in [0, 0.1) is 16.7 Å². The summed E-state index contributed by atoms with van der Waals surface area (Å²) >= 11 is 0. The average molecular weight is 259 g/mol. The molecule has 0 bridgehead atoms. The average Bonchev–Trinajstić information content (AvgIpc) is 2.38. The van der Waals surface area contributed by atoms with Gasteiger partial charge in [-0.05, 0) is 52.2 Å². The molecule has 0 aliphatic rings. The van der Waals surface area contributed by atoms with Crippen molar-refractivity contribution in [3.63, 3.8) is 0 Å². The fourth-order valence-electron chi connectivity index (χ4n) is 1.79. The highest BCUT2D eigenvalue weighted by Crippen LogP contribution is 2.22. The van der Waals surface area contributed by atoms with E-state index in [-0.39, 0.29) is 11.2 Å². The van der Waals surface area contributed by atoms with Crippen molar-refractivity contribution in [1.29, 1.82) is 5.26 Å². The smallest absolute Gasteiger partial charge is 0.163 e. The van der Waals surface area contributed by atoms with E-state index in [1.807, 2.05) is 32.0 Å². The lowest BCUT2D eigenvalue weighted by molar-refractivity contribution is 0.101. The zero-order valence-corrected chi connectivity index (χ0v) is 11.9. The lowest BCUT2D eigenvalue weighted by atomic mass is 9.89. The number of ether oxygens (including phenoxy) is 1. The number of nitrogens with zero attached hydrogens (tertiary/aromatic N) is 1. The van der Waals surface area contributed by atoms with Crippen molar-refractivity contribution >= 4 is 5.78 Å². The summed E-state index contributed by atoms with van der Waals surface area (Å²) in [5.41, 5.74) is 0.358. The summed E-state index contributed by atoms with van der Waals surface area (Å²) < 4.78 is 5.64. The molecule has 0 N–H and O–H groups in total. The Morgan fingerprint density at radius 3 is 2.63 bits per heavy atom. The number of carbonyl (C=O) groups is 1. The molecular formula is C16H21NO2. The monoisotopic (exact) mass is 259 g/mol. The van der Waals surface area contributed by atoms with Gasteiger partial charge in [-0.1, -0.05) is 12.1 Å². The van der Waals surface area contributed by atoms with Gasteiger partial charge in [0.1, 0.15) is 5.75 Å². The number of Topliss-reactive ketones (excluding diaryl/α,β-unsaturated/α-hetero) is 1. The molecular weight excluding hydrogens is 238 g/mol. The molecule has 0 aromatic heterocycles. The maximum atomic E-state index is 11.4. The van der Waals surface area contributed by atoms with Crippen molar-refractivity contribution in [3.8, 4) is 11.8 Å². The second-order valence-corrected chi connectivity index (χ2v) is 5.35. The van der Waals surface area contributed by atoms with Gasteiger partial charge in [-0.15, -0.1) is 0 Å². The van der Waals surface area contributed by atoms with Crippen LogP contribution in [-0.4, -0.2) is 12.4 Å². The van der Waals surface area contributed by atoms with Crippen LogP contribution in [0.5, 0.6) is 5.75 Å². The zero-order valence-electron chi connectivity index (χ0n) is 11.9. The minimum absolute atomic E-state index is 0.0150. The maximum absolute atomic E-state index is 11.4. The van der Waals surface area contributed by atoms with E-state index in [1.165, 1.54) is 6.92 Å². The second kappa shape index (κ2) is 6.94. The third-order valence-corrected chi connectivity index (χ3v) is 3.02. The number of para-hydroxylation sites is 1. The normalized spacial score (nSPS) is 10.8. The van der Waals surface area contributed by atoms with E-state index in [1.54, 1.807) is 6.07 Å². The highest BCUT2D eigenvalue weighted by Gasteiger charge is 2.15. The van der Waals surface area contributed by atoms with Crippen LogP contribution in [-0.2, 0) is 0 Å². The summed E-state index contributed by atoms with van der Waals surface area (Å²) in [5, 5.41) is 8.91. The highest BCUT2D eigenvalue weighted by molar-refractivity contribution is 5.96. The van der Waals surface area contributed by atoms with E-state index >= 15 is 0 Å². The molecule has 3 nitrogen and oxygen atoms in total. The van der Waals surface area contributed by atoms with Crippen LogP contribution in [0.25, 0.3) is 0 Å². The summed E-state index contributed by atoms with van der Waals surface area (Å²) in [7, 11) is 0. The Labute approximate surface area is 115 Å². The third kappa shape index (κ3) is 5.13. The summed E-state index contributed by atoms with van der Waals surface area (Å²) in [6.07, 6.45) is 2.70. The summed E-state index contributed by atoms with van der Waals surface area (Å²) in [6.45, 7) is 6.00. The maximum Gasteiger partial charge on any atom is 0.163 e.